The first-order chi connectivity index (χ1) is 2.41. The van der Waals surface area contributed by atoms with Gasteiger partial charge in [-0.15, -0.1) is 0 Å². The van der Waals surface area contributed by atoms with E-state index >= 15 is 0 Å². The Bertz CT molecular complexity index is 15.0. The monoisotopic (exact) mass is 94.1 g/mol. The normalized spacial score (nSPS) is 7.00. The third-order valence-electron chi connectivity index (χ3n) is 1.000. The summed E-state index contributed by atoms with van der Waals surface area (Å²) in [6.07, 6.45) is 2.94. The van der Waals surface area contributed by atoms with Crippen molar-refractivity contribution in [3.63, 3.8) is 0 Å². The van der Waals surface area contributed by atoms with Gasteiger partial charge in [-0.25, -0.2) is 0 Å². The van der Waals surface area contributed by atoms with E-state index in [-0.39, 0.29) is 29.6 Å². The first-order valence-corrected chi connectivity index (χ1v) is 2.83. The van der Waals surface area contributed by atoms with Crippen LogP contribution in [0, 0.1) is 0 Å². The number of rotatable bonds is 2. The molecule has 0 spiro atoms. The van der Waals surface area contributed by atoms with E-state index in [1.165, 1.54) is 12.6 Å². The maximum atomic E-state index is 2.27. The van der Waals surface area contributed by atoms with E-state index in [0.717, 1.165) is 0 Å². The van der Waals surface area contributed by atoms with Gasteiger partial charge in [-0.3, -0.25) is 0 Å². The molecule has 0 aromatic carbocycles. The zero-order valence-electron chi connectivity index (χ0n) is 5.41. The minimum absolute atomic E-state index is 0. The summed E-state index contributed by atoms with van der Waals surface area (Å²) >= 11 is 0. The minimum atomic E-state index is 0. The molecule has 0 heterocycles. The summed E-state index contributed by atoms with van der Waals surface area (Å²) in [7, 11) is 0.528. The molecule has 0 amide bonds. The van der Waals surface area contributed by atoms with Crippen LogP contribution < -0.4 is 29.6 Å². The first-order valence-electron chi connectivity index (χ1n) is 2.83. The topological polar surface area (TPSA) is 0 Å². The maximum absolute atomic E-state index is 2.27. The van der Waals surface area contributed by atoms with Crippen molar-refractivity contribution >= 4 is 7.28 Å². The average molecular weight is 93.9 g/mol. The second-order valence-electron chi connectivity index (χ2n) is 1.91. The van der Waals surface area contributed by atoms with Crippen molar-refractivity contribution in [1.29, 1.82) is 0 Å². The van der Waals surface area contributed by atoms with Crippen molar-refractivity contribution in [1.82, 2.24) is 0 Å². The fourth-order valence-corrected chi connectivity index (χ4v) is 0.500. The standard InChI is InChI=1S/C4H12B.Na/c1-3-5-4-2;/h3-5H2,1-2H3;/q-1;+1. The molecule has 32 valence electrons. The fraction of sp³-hybridized carbons (Fsp3) is 1.00. The molecule has 0 fully saturated rings. The van der Waals surface area contributed by atoms with E-state index in [1.807, 2.05) is 0 Å². The molecule has 0 atom stereocenters. The van der Waals surface area contributed by atoms with Crippen LogP contribution in [-0.4, -0.2) is 7.28 Å². The van der Waals surface area contributed by atoms with Gasteiger partial charge in [0, 0.05) is 0 Å². The van der Waals surface area contributed by atoms with Crippen LogP contribution in [0.4, 0.5) is 0 Å². The van der Waals surface area contributed by atoms with Crippen LogP contribution in [0.15, 0.2) is 0 Å². The fourth-order valence-electron chi connectivity index (χ4n) is 0.500. The Balaban J connectivity index is 0. The summed E-state index contributed by atoms with van der Waals surface area (Å²) in [4.78, 5) is 0. The molecule has 0 bridgehead atoms. The van der Waals surface area contributed by atoms with Gasteiger partial charge < -0.3 is 0 Å². The zero-order chi connectivity index (χ0) is 4.12. The molecule has 0 radical (unpaired) electrons. The third-order valence-corrected chi connectivity index (χ3v) is 1.000. The summed E-state index contributed by atoms with van der Waals surface area (Å²) in [5.74, 6) is 0. The molecule has 0 aromatic rings. The zero-order valence-corrected chi connectivity index (χ0v) is 7.41. The first kappa shape index (κ1) is 10.1. The molecular weight excluding hydrogens is 81.8 g/mol. The second-order valence-corrected chi connectivity index (χ2v) is 1.91. The van der Waals surface area contributed by atoms with Gasteiger partial charge >= 0.3 is 29.6 Å². The largest absolute Gasteiger partial charge is 1.00 e. The van der Waals surface area contributed by atoms with E-state index in [1.54, 1.807) is 0 Å². The van der Waals surface area contributed by atoms with Crippen molar-refractivity contribution < 1.29 is 29.6 Å². The molecule has 0 N–H and O–H groups in total. The van der Waals surface area contributed by atoms with Crippen LogP contribution in [0.3, 0.4) is 0 Å². The predicted octanol–water partition coefficient (Wildman–Crippen LogP) is -1.96. The van der Waals surface area contributed by atoms with Gasteiger partial charge in [-0.2, -0.15) is 12.6 Å². The van der Waals surface area contributed by atoms with Crippen LogP contribution in [0.1, 0.15) is 13.8 Å². The Morgan fingerprint density at radius 1 is 1.17 bits per heavy atom. The van der Waals surface area contributed by atoms with Crippen molar-refractivity contribution in [3.05, 3.63) is 0 Å². The summed E-state index contributed by atoms with van der Waals surface area (Å²) in [6.45, 7) is 4.53. The number of hydrogen-bond acceptors (Lipinski definition) is 0. The maximum Gasteiger partial charge on any atom is 1.00 e. The van der Waals surface area contributed by atoms with Crippen LogP contribution >= 0.6 is 0 Å². The van der Waals surface area contributed by atoms with E-state index in [0.29, 0.717) is 7.28 Å². The molecule has 0 aliphatic carbocycles. The predicted molar refractivity (Wildman–Crippen MR) is 29.5 cm³/mol. The summed E-state index contributed by atoms with van der Waals surface area (Å²) in [5, 5.41) is 0. The molecular formula is C4H12BNa. The van der Waals surface area contributed by atoms with Gasteiger partial charge in [-0.05, 0) is 7.28 Å². The molecule has 6 heavy (non-hydrogen) atoms. The van der Waals surface area contributed by atoms with Crippen LogP contribution in [0.2, 0.25) is 12.6 Å². The Labute approximate surface area is 63.2 Å². The van der Waals surface area contributed by atoms with Crippen molar-refractivity contribution in [2.45, 2.75) is 26.5 Å². The van der Waals surface area contributed by atoms with Gasteiger partial charge in [0.05, 0.1) is 0 Å². The molecule has 0 aromatic heterocycles. The smallest absolute Gasteiger partial charge is 0.187 e. The number of hydrogen-bond donors (Lipinski definition) is 0. The van der Waals surface area contributed by atoms with E-state index in [9.17, 15) is 0 Å². The minimum Gasteiger partial charge on any atom is -0.187 e. The molecule has 2 heteroatoms. The third kappa shape index (κ3) is 8.91. The van der Waals surface area contributed by atoms with E-state index in [4.69, 9.17) is 0 Å². The van der Waals surface area contributed by atoms with Gasteiger partial charge in [0.15, 0.2) is 0 Å². The Morgan fingerprint density at radius 2 is 1.50 bits per heavy atom. The Kier molecular flexibility index (Phi) is 15.9. The van der Waals surface area contributed by atoms with E-state index in [2.05, 4.69) is 13.8 Å². The van der Waals surface area contributed by atoms with Crippen molar-refractivity contribution in [2.24, 2.45) is 0 Å². The van der Waals surface area contributed by atoms with Crippen LogP contribution in [-0.2, 0) is 0 Å². The molecule has 0 rings (SSSR count). The summed E-state index contributed by atoms with van der Waals surface area (Å²) in [6, 6.07) is 0. The molecule has 0 unspecified atom stereocenters. The quantitative estimate of drug-likeness (QED) is 0.348. The van der Waals surface area contributed by atoms with Crippen molar-refractivity contribution in [3.8, 4) is 0 Å². The Hall–Kier alpha value is 1.06. The van der Waals surface area contributed by atoms with Gasteiger partial charge in [-0.1, -0.05) is 13.8 Å². The molecule has 0 nitrogen and oxygen atoms in total. The molecule has 0 aliphatic heterocycles. The summed E-state index contributed by atoms with van der Waals surface area (Å²) in [5.41, 5.74) is 0. The summed E-state index contributed by atoms with van der Waals surface area (Å²) < 4.78 is 0. The van der Waals surface area contributed by atoms with E-state index < -0.39 is 0 Å². The molecule has 0 saturated heterocycles. The molecule has 0 aliphatic rings. The van der Waals surface area contributed by atoms with Crippen molar-refractivity contribution in [2.75, 3.05) is 0 Å². The Morgan fingerprint density at radius 3 is 1.50 bits per heavy atom. The van der Waals surface area contributed by atoms with Gasteiger partial charge in [0.2, 0.25) is 0 Å². The van der Waals surface area contributed by atoms with Gasteiger partial charge in [0.25, 0.3) is 0 Å². The van der Waals surface area contributed by atoms with Crippen LogP contribution in [0.5, 0.6) is 0 Å². The SMILES string of the molecule is CC[BH2-]CC.[Na+]. The van der Waals surface area contributed by atoms with Crippen LogP contribution in [0.25, 0.3) is 0 Å². The second kappa shape index (κ2) is 9.42. The average Bonchev–Trinajstić information content (AvgIpc) is 1.41. The van der Waals surface area contributed by atoms with Gasteiger partial charge in [0.1, 0.15) is 0 Å². The molecule has 0 saturated carbocycles.